The molecule has 1 amide bonds. The first-order valence-electron chi connectivity index (χ1n) is 13.1. The largest absolute Gasteiger partial charge is 0.497 e. The molecule has 1 aromatic heterocycles. The number of likely N-dealkylation sites (tertiary alicyclic amines) is 1. The van der Waals surface area contributed by atoms with Gasteiger partial charge in [-0.05, 0) is 48.9 Å². The number of aromatic nitrogens is 2. The monoisotopic (exact) mass is 488 g/mol. The molecule has 190 valence electrons. The van der Waals surface area contributed by atoms with E-state index in [9.17, 15) is 9.90 Å². The van der Waals surface area contributed by atoms with Gasteiger partial charge in [0.05, 0.1) is 13.2 Å². The predicted molar refractivity (Wildman–Crippen MR) is 139 cm³/mol. The van der Waals surface area contributed by atoms with Gasteiger partial charge in [0.25, 0.3) is 5.91 Å². The number of fused-ring (bicyclic) bond motifs is 1. The molecule has 3 heterocycles. The second kappa shape index (κ2) is 11.3. The first-order valence-corrected chi connectivity index (χ1v) is 13.1. The van der Waals surface area contributed by atoms with Gasteiger partial charge in [0.15, 0.2) is 5.69 Å². The van der Waals surface area contributed by atoms with Crippen LogP contribution in [-0.2, 0) is 32.5 Å². The summed E-state index contributed by atoms with van der Waals surface area (Å²) in [5.74, 6) is 0.864. The minimum Gasteiger partial charge on any atom is -0.497 e. The van der Waals surface area contributed by atoms with E-state index >= 15 is 0 Å². The van der Waals surface area contributed by atoms with Gasteiger partial charge in [0.2, 0.25) is 0 Å². The summed E-state index contributed by atoms with van der Waals surface area (Å²) in [4.78, 5) is 17.8. The average molecular weight is 489 g/mol. The molecule has 0 aliphatic carbocycles. The Bertz CT molecular complexity index is 1170. The molecule has 1 saturated heterocycles. The average Bonchev–Trinajstić information content (AvgIpc) is 3.27. The van der Waals surface area contributed by atoms with E-state index in [1.54, 1.807) is 7.11 Å². The highest BCUT2D eigenvalue weighted by atomic mass is 16.5. The molecule has 0 atom stereocenters. The van der Waals surface area contributed by atoms with Crippen molar-refractivity contribution in [3.8, 4) is 5.75 Å². The number of hydrogen-bond acceptors (Lipinski definition) is 5. The summed E-state index contributed by atoms with van der Waals surface area (Å²) in [7, 11) is 1.69. The van der Waals surface area contributed by atoms with Gasteiger partial charge in [0, 0.05) is 56.9 Å². The lowest BCUT2D eigenvalue weighted by molar-refractivity contribution is 0.0538. The fourth-order valence-corrected chi connectivity index (χ4v) is 5.36. The fourth-order valence-electron chi connectivity index (χ4n) is 5.36. The first kappa shape index (κ1) is 24.5. The standard InChI is InChI=1S/C29H36N4O3/c1-36-25-11-5-9-23(19-25)20-31-16-14-27-26(21-31)28(29(35)32-17-12-24(34)13-18-32)30-33(27)15-6-10-22-7-3-2-4-8-22/h2-5,7-9,11,19,24,34H,6,10,12-18,20-21H2,1H3. The molecule has 0 radical (unpaired) electrons. The Kier molecular flexibility index (Phi) is 7.68. The van der Waals surface area contributed by atoms with Gasteiger partial charge >= 0.3 is 0 Å². The van der Waals surface area contributed by atoms with E-state index in [-0.39, 0.29) is 12.0 Å². The first-order chi connectivity index (χ1) is 17.6. The van der Waals surface area contributed by atoms with E-state index < -0.39 is 0 Å². The van der Waals surface area contributed by atoms with Crippen molar-refractivity contribution < 1.29 is 14.6 Å². The number of piperidine rings is 1. The van der Waals surface area contributed by atoms with E-state index in [0.29, 0.717) is 38.2 Å². The van der Waals surface area contributed by atoms with Crippen LogP contribution in [0.2, 0.25) is 0 Å². The summed E-state index contributed by atoms with van der Waals surface area (Å²) in [5, 5.41) is 14.8. The lowest BCUT2D eigenvalue weighted by Crippen LogP contribution is -2.41. The van der Waals surface area contributed by atoms with E-state index in [1.165, 1.54) is 16.8 Å². The number of benzene rings is 2. The molecule has 36 heavy (non-hydrogen) atoms. The van der Waals surface area contributed by atoms with Crippen LogP contribution < -0.4 is 4.74 Å². The third-order valence-corrected chi connectivity index (χ3v) is 7.39. The molecule has 1 fully saturated rings. The van der Waals surface area contributed by atoms with Crippen molar-refractivity contribution in [2.75, 3.05) is 26.7 Å². The van der Waals surface area contributed by atoms with Crippen LogP contribution in [0.15, 0.2) is 54.6 Å². The second-order valence-corrected chi connectivity index (χ2v) is 9.92. The Morgan fingerprint density at radius 3 is 2.61 bits per heavy atom. The zero-order valence-electron chi connectivity index (χ0n) is 21.1. The summed E-state index contributed by atoms with van der Waals surface area (Å²) in [6.45, 7) is 4.42. The van der Waals surface area contributed by atoms with Crippen LogP contribution in [0, 0.1) is 0 Å². The van der Waals surface area contributed by atoms with Crippen LogP contribution in [0.4, 0.5) is 0 Å². The highest BCUT2D eigenvalue weighted by molar-refractivity contribution is 5.94. The van der Waals surface area contributed by atoms with Gasteiger partial charge in [-0.3, -0.25) is 14.4 Å². The van der Waals surface area contributed by atoms with Gasteiger partial charge in [-0.25, -0.2) is 0 Å². The van der Waals surface area contributed by atoms with Crippen molar-refractivity contribution in [3.63, 3.8) is 0 Å². The number of rotatable bonds is 8. The maximum Gasteiger partial charge on any atom is 0.274 e. The van der Waals surface area contributed by atoms with Crippen molar-refractivity contribution in [1.82, 2.24) is 19.6 Å². The Morgan fingerprint density at radius 1 is 1.06 bits per heavy atom. The van der Waals surface area contributed by atoms with Crippen LogP contribution >= 0.6 is 0 Å². The molecule has 2 aromatic carbocycles. The summed E-state index contributed by atoms with van der Waals surface area (Å²) in [5.41, 5.74) is 5.39. The Morgan fingerprint density at radius 2 is 1.83 bits per heavy atom. The number of nitrogens with zero attached hydrogens (tertiary/aromatic N) is 4. The van der Waals surface area contributed by atoms with Crippen molar-refractivity contribution in [3.05, 3.63) is 82.7 Å². The number of hydrogen-bond donors (Lipinski definition) is 1. The normalized spacial score (nSPS) is 16.7. The minimum absolute atomic E-state index is 0.00295. The smallest absolute Gasteiger partial charge is 0.274 e. The number of carbonyl (C=O) groups is 1. The lowest BCUT2D eigenvalue weighted by Gasteiger charge is -2.30. The number of methoxy groups -OCH3 is 1. The highest BCUT2D eigenvalue weighted by Gasteiger charge is 2.31. The van der Waals surface area contributed by atoms with Crippen LogP contribution in [0.5, 0.6) is 5.75 Å². The molecule has 7 heteroatoms. The SMILES string of the molecule is COc1cccc(CN2CCc3c(c(C(=O)N4CCC(O)CC4)nn3CCCc3ccccc3)C2)c1. The Balaban J connectivity index is 1.35. The molecule has 5 rings (SSSR count). The number of carbonyl (C=O) groups excluding carboxylic acids is 1. The molecule has 0 spiro atoms. The van der Waals surface area contributed by atoms with E-state index in [2.05, 4.69) is 46.0 Å². The molecule has 2 aliphatic heterocycles. The third-order valence-electron chi connectivity index (χ3n) is 7.39. The third kappa shape index (κ3) is 5.63. The quantitative estimate of drug-likeness (QED) is 0.524. The van der Waals surface area contributed by atoms with Gasteiger partial charge in [-0.2, -0.15) is 5.10 Å². The molecule has 0 saturated carbocycles. The fraction of sp³-hybridized carbons (Fsp3) is 0.448. The summed E-state index contributed by atoms with van der Waals surface area (Å²) in [6, 6.07) is 18.7. The number of ether oxygens (including phenoxy) is 1. The molecule has 2 aliphatic rings. The molecule has 7 nitrogen and oxygen atoms in total. The van der Waals surface area contributed by atoms with Crippen LogP contribution in [0.3, 0.4) is 0 Å². The topological polar surface area (TPSA) is 70.8 Å². The number of aliphatic hydroxyl groups excluding tert-OH is 1. The van der Waals surface area contributed by atoms with Crippen molar-refractivity contribution in [1.29, 1.82) is 0 Å². The van der Waals surface area contributed by atoms with E-state index in [1.807, 2.05) is 23.1 Å². The van der Waals surface area contributed by atoms with Gasteiger partial charge in [0.1, 0.15) is 5.75 Å². The van der Waals surface area contributed by atoms with Gasteiger partial charge in [-0.1, -0.05) is 42.5 Å². The Labute approximate surface area is 213 Å². The Hall–Kier alpha value is -3.16. The zero-order chi connectivity index (χ0) is 24.9. The van der Waals surface area contributed by atoms with E-state index in [4.69, 9.17) is 9.84 Å². The molecular formula is C29H36N4O3. The molecule has 0 bridgehead atoms. The molecule has 1 N–H and O–H groups in total. The van der Waals surface area contributed by atoms with Crippen molar-refractivity contribution in [2.24, 2.45) is 0 Å². The lowest BCUT2D eigenvalue weighted by atomic mass is 10.0. The van der Waals surface area contributed by atoms with E-state index in [0.717, 1.165) is 50.2 Å². The van der Waals surface area contributed by atoms with Crippen LogP contribution in [0.25, 0.3) is 0 Å². The number of aryl methyl sites for hydroxylation is 2. The zero-order valence-corrected chi connectivity index (χ0v) is 21.1. The summed E-state index contributed by atoms with van der Waals surface area (Å²) >= 11 is 0. The van der Waals surface area contributed by atoms with Crippen LogP contribution in [0.1, 0.15) is 52.1 Å². The molecular weight excluding hydrogens is 452 g/mol. The molecule has 3 aromatic rings. The highest BCUT2D eigenvalue weighted by Crippen LogP contribution is 2.27. The maximum atomic E-state index is 13.6. The van der Waals surface area contributed by atoms with Crippen molar-refractivity contribution in [2.45, 2.75) is 57.8 Å². The minimum atomic E-state index is -0.308. The number of aliphatic hydroxyl groups is 1. The summed E-state index contributed by atoms with van der Waals surface area (Å²) in [6.07, 6.45) is 3.81. The van der Waals surface area contributed by atoms with Crippen molar-refractivity contribution >= 4 is 5.91 Å². The molecule has 0 unspecified atom stereocenters. The van der Waals surface area contributed by atoms with Gasteiger partial charge in [-0.15, -0.1) is 0 Å². The maximum absolute atomic E-state index is 13.6. The van der Waals surface area contributed by atoms with Gasteiger partial charge < -0.3 is 14.7 Å². The predicted octanol–water partition coefficient (Wildman–Crippen LogP) is 3.68. The number of amides is 1. The summed E-state index contributed by atoms with van der Waals surface area (Å²) < 4.78 is 7.49. The second-order valence-electron chi connectivity index (χ2n) is 9.92. The van der Waals surface area contributed by atoms with Crippen LogP contribution in [-0.4, -0.2) is 63.4 Å².